The predicted octanol–water partition coefficient (Wildman–Crippen LogP) is 3.08. The summed E-state index contributed by atoms with van der Waals surface area (Å²) >= 11 is 0. The molecule has 0 aromatic heterocycles. The van der Waals surface area contributed by atoms with E-state index in [9.17, 15) is 4.79 Å². The van der Waals surface area contributed by atoms with Crippen LogP contribution in [0.2, 0.25) is 0 Å². The first-order valence-corrected chi connectivity index (χ1v) is 5.59. The molecule has 1 saturated carbocycles. The largest absolute Gasteiger partial charge is 0.463 e. The van der Waals surface area contributed by atoms with Gasteiger partial charge in [-0.2, -0.15) is 0 Å². The fourth-order valence-corrected chi connectivity index (χ4v) is 2.06. The first kappa shape index (κ1) is 11.3. The summed E-state index contributed by atoms with van der Waals surface area (Å²) in [7, 11) is 0. The van der Waals surface area contributed by atoms with Crippen LogP contribution in [0.1, 0.15) is 45.4 Å². The number of rotatable bonds is 4. The van der Waals surface area contributed by atoms with Crippen LogP contribution in [0.25, 0.3) is 0 Å². The lowest BCUT2D eigenvalue weighted by molar-refractivity contribution is -0.138. The van der Waals surface area contributed by atoms with Crippen LogP contribution in [0, 0.1) is 5.92 Å². The van der Waals surface area contributed by atoms with Crippen molar-refractivity contribution in [1.29, 1.82) is 0 Å². The van der Waals surface area contributed by atoms with Gasteiger partial charge in [-0.15, -0.1) is 0 Å². The monoisotopic (exact) mass is 196 g/mol. The fourth-order valence-electron chi connectivity index (χ4n) is 2.06. The van der Waals surface area contributed by atoms with Crippen LogP contribution in [-0.2, 0) is 9.53 Å². The van der Waals surface area contributed by atoms with Crippen molar-refractivity contribution in [3.8, 4) is 0 Å². The van der Waals surface area contributed by atoms with Gasteiger partial charge in [-0.05, 0) is 19.3 Å². The second-order valence-corrected chi connectivity index (χ2v) is 4.03. The quantitative estimate of drug-likeness (QED) is 0.510. The molecule has 0 radical (unpaired) electrons. The Balaban J connectivity index is 2.28. The third kappa shape index (κ3) is 3.52. The van der Waals surface area contributed by atoms with Gasteiger partial charge in [-0.25, -0.2) is 4.79 Å². The Morgan fingerprint density at radius 3 is 2.57 bits per heavy atom. The van der Waals surface area contributed by atoms with E-state index in [0.29, 0.717) is 18.1 Å². The Kier molecular flexibility index (Phi) is 4.71. The molecule has 14 heavy (non-hydrogen) atoms. The molecule has 0 bridgehead atoms. The van der Waals surface area contributed by atoms with E-state index >= 15 is 0 Å². The van der Waals surface area contributed by atoms with Gasteiger partial charge in [0.25, 0.3) is 0 Å². The first-order valence-electron chi connectivity index (χ1n) is 5.59. The van der Waals surface area contributed by atoms with Crippen molar-refractivity contribution in [1.82, 2.24) is 0 Å². The Morgan fingerprint density at radius 1 is 1.36 bits per heavy atom. The summed E-state index contributed by atoms with van der Waals surface area (Å²) in [4.78, 5) is 11.3. The molecule has 2 heteroatoms. The second kappa shape index (κ2) is 5.84. The van der Waals surface area contributed by atoms with E-state index in [1.807, 2.05) is 6.92 Å². The zero-order chi connectivity index (χ0) is 10.4. The van der Waals surface area contributed by atoms with Gasteiger partial charge in [0, 0.05) is 5.57 Å². The van der Waals surface area contributed by atoms with Crippen LogP contribution < -0.4 is 0 Å². The van der Waals surface area contributed by atoms with Gasteiger partial charge in [-0.1, -0.05) is 38.7 Å². The average molecular weight is 196 g/mol. The minimum Gasteiger partial charge on any atom is -0.463 e. The highest BCUT2D eigenvalue weighted by atomic mass is 16.5. The molecule has 1 aliphatic carbocycles. The van der Waals surface area contributed by atoms with Crippen LogP contribution >= 0.6 is 0 Å². The summed E-state index contributed by atoms with van der Waals surface area (Å²) in [6.45, 7) is 6.06. The molecule has 0 heterocycles. The predicted molar refractivity (Wildman–Crippen MR) is 57.0 cm³/mol. The van der Waals surface area contributed by atoms with Crippen molar-refractivity contribution in [2.75, 3.05) is 6.61 Å². The van der Waals surface area contributed by atoms with Crippen LogP contribution in [0.5, 0.6) is 0 Å². The molecule has 0 spiro atoms. The molecule has 1 rings (SSSR count). The lowest BCUT2D eigenvalue weighted by Gasteiger charge is -2.21. The van der Waals surface area contributed by atoms with E-state index in [2.05, 4.69) is 6.58 Å². The van der Waals surface area contributed by atoms with Crippen molar-refractivity contribution in [2.45, 2.75) is 45.4 Å². The van der Waals surface area contributed by atoms with E-state index in [1.54, 1.807) is 0 Å². The summed E-state index contributed by atoms with van der Waals surface area (Å²) in [5.74, 6) is 0.457. The number of carbonyl (C=O) groups excluding carboxylic acids is 1. The molecule has 0 amide bonds. The Bertz CT molecular complexity index is 202. The third-order valence-corrected chi connectivity index (χ3v) is 2.82. The molecule has 2 nitrogen and oxygen atoms in total. The minimum atomic E-state index is -0.210. The van der Waals surface area contributed by atoms with Gasteiger partial charge in [0.1, 0.15) is 0 Å². The summed E-state index contributed by atoms with van der Waals surface area (Å²) in [6, 6.07) is 0. The van der Waals surface area contributed by atoms with Crippen molar-refractivity contribution >= 4 is 5.97 Å². The van der Waals surface area contributed by atoms with Crippen LogP contribution in [-0.4, -0.2) is 12.6 Å². The van der Waals surface area contributed by atoms with Gasteiger partial charge in [0.2, 0.25) is 0 Å². The van der Waals surface area contributed by atoms with E-state index in [4.69, 9.17) is 4.74 Å². The summed E-state index contributed by atoms with van der Waals surface area (Å²) in [5, 5.41) is 0. The van der Waals surface area contributed by atoms with Crippen LogP contribution in [0.3, 0.4) is 0 Å². The normalized spacial score (nSPS) is 17.8. The summed E-state index contributed by atoms with van der Waals surface area (Å²) in [6.07, 6.45) is 7.29. The lowest BCUT2D eigenvalue weighted by atomic mass is 9.85. The van der Waals surface area contributed by atoms with Crippen molar-refractivity contribution in [2.24, 2.45) is 5.92 Å². The highest BCUT2D eigenvalue weighted by Gasteiger charge is 2.17. The smallest absolute Gasteiger partial charge is 0.333 e. The van der Waals surface area contributed by atoms with E-state index in [0.717, 1.165) is 6.42 Å². The number of carbonyl (C=O) groups is 1. The number of hydrogen-bond acceptors (Lipinski definition) is 2. The SMILES string of the molecule is C=C(CC1CCCCC1)C(=O)OCC. The van der Waals surface area contributed by atoms with Gasteiger partial charge < -0.3 is 4.74 Å². The highest BCUT2D eigenvalue weighted by molar-refractivity contribution is 5.87. The molecule has 0 N–H and O–H groups in total. The molecule has 1 aliphatic rings. The van der Waals surface area contributed by atoms with Gasteiger partial charge in [-0.3, -0.25) is 0 Å². The maximum absolute atomic E-state index is 11.3. The first-order chi connectivity index (χ1) is 6.74. The summed E-state index contributed by atoms with van der Waals surface area (Å²) < 4.78 is 4.91. The Morgan fingerprint density at radius 2 is 2.00 bits per heavy atom. The van der Waals surface area contributed by atoms with Gasteiger partial charge in [0.15, 0.2) is 0 Å². The fraction of sp³-hybridized carbons (Fsp3) is 0.750. The molecule has 0 saturated heterocycles. The number of esters is 1. The summed E-state index contributed by atoms with van der Waals surface area (Å²) in [5.41, 5.74) is 0.652. The Hall–Kier alpha value is -0.790. The standard InChI is InChI=1S/C12H20O2/c1-3-14-12(13)10(2)9-11-7-5-4-6-8-11/h11H,2-9H2,1H3. The lowest BCUT2D eigenvalue weighted by Crippen LogP contribution is -2.13. The van der Waals surface area contributed by atoms with E-state index in [1.165, 1.54) is 32.1 Å². The molecule has 80 valence electrons. The van der Waals surface area contributed by atoms with Gasteiger partial charge >= 0.3 is 5.97 Å². The maximum atomic E-state index is 11.3. The molecule has 0 unspecified atom stereocenters. The van der Waals surface area contributed by atoms with Crippen LogP contribution in [0.15, 0.2) is 12.2 Å². The molecular formula is C12H20O2. The molecule has 0 atom stereocenters. The second-order valence-electron chi connectivity index (χ2n) is 4.03. The molecule has 0 aliphatic heterocycles. The molecule has 0 aromatic rings. The third-order valence-electron chi connectivity index (χ3n) is 2.82. The Labute approximate surface area is 86.3 Å². The maximum Gasteiger partial charge on any atom is 0.333 e. The molecular weight excluding hydrogens is 176 g/mol. The topological polar surface area (TPSA) is 26.3 Å². The number of ether oxygens (including phenoxy) is 1. The minimum absolute atomic E-state index is 0.210. The molecule has 1 fully saturated rings. The average Bonchev–Trinajstić information content (AvgIpc) is 2.19. The van der Waals surface area contributed by atoms with Crippen molar-refractivity contribution in [3.63, 3.8) is 0 Å². The molecule has 0 aromatic carbocycles. The zero-order valence-electron chi connectivity index (χ0n) is 9.05. The van der Waals surface area contributed by atoms with Crippen LogP contribution in [0.4, 0.5) is 0 Å². The highest BCUT2D eigenvalue weighted by Crippen LogP contribution is 2.28. The van der Waals surface area contributed by atoms with E-state index < -0.39 is 0 Å². The zero-order valence-corrected chi connectivity index (χ0v) is 9.05. The number of hydrogen-bond donors (Lipinski definition) is 0. The van der Waals surface area contributed by atoms with Crippen molar-refractivity contribution in [3.05, 3.63) is 12.2 Å². The van der Waals surface area contributed by atoms with E-state index in [-0.39, 0.29) is 5.97 Å². The van der Waals surface area contributed by atoms with Gasteiger partial charge in [0.05, 0.1) is 6.61 Å². The van der Waals surface area contributed by atoms with Crippen molar-refractivity contribution < 1.29 is 9.53 Å².